The number of esters is 1. The second-order valence-electron chi connectivity index (χ2n) is 7.70. The topological polar surface area (TPSA) is 112 Å². The molecule has 2 aliphatic heterocycles. The highest BCUT2D eigenvalue weighted by molar-refractivity contribution is 8.09. The summed E-state index contributed by atoms with van der Waals surface area (Å²) in [4.78, 5) is 36.6. The van der Waals surface area contributed by atoms with E-state index in [0.717, 1.165) is 18.4 Å². The van der Waals surface area contributed by atoms with Gasteiger partial charge in [0, 0.05) is 0 Å². The van der Waals surface area contributed by atoms with E-state index in [-0.39, 0.29) is 24.6 Å². The molecule has 0 aromatic heterocycles. The van der Waals surface area contributed by atoms with E-state index in [4.69, 9.17) is 18.9 Å². The van der Waals surface area contributed by atoms with Crippen LogP contribution in [-0.4, -0.2) is 66.5 Å². The van der Waals surface area contributed by atoms with Gasteiger partial charge in [-0.2, -0.15) is 12.6 Å². The van der Waals surface area contributed by atoms with E-state index in [0.29, 0.717) is 25.4 Å². The molecule has 2 fully saturated rings. The Bertz CT molecular complexity index is 807. The molecular formula is C22H30N2O7S2. The molecule has 1 unspecified atom stereocenters. The minimum absolute atomic E-state index is 0.0837. The highest BCUT2D eigenvalue weighted by atomic mass is 32.2. The van der Waals surface area contributed by atoms with Gasteiger partial charge in [-0.25, -0.2) is 9.59 Å². The van der Waals surface area contributed by atoms with E-state index >= 15 is 0 Å². The Hall–Kier alpha value is -1.95. The summed E-state index contributed by atoms with van der Waals surface area (Å²) in [6, 6.07) is 8.33. The summed E-state index contributed by atoms with van der Waals surface area (Å²) < 4.78 is 21.0. The molecule has 11 heteroatoms. The highest BCUT2D eigenvalue weighted by Gasteiger charge is 2.63. The van der Waals surface area contributed by atoms with E-state index in [1.807, 2.05) is 30.3 Å². The molecule has 3 rings (SSSR count). The molecule has 9 nitrogen and oxygen atoms in total. The standard InChI is InChI=1S/C22H30N2O7S2/c1-28-20(26)22(17(33-22)8-5-9-18-29-11-12-30-18)24-19(25)16(10-13-32)23-21(27)31-14-15-6-3-2-4-7-15/h2-4,6-7,16-18,32H,5,8-14H2,1H3,(H,23,27)(H,24,25)/t16-,17?,22-/m0/s1. The third-order valence-electron chi connectivity index (χ3n) is 5.36. The van der Waals surface area contributed by atoms with E-state index in [9.17, 15) is 14.4 Å². The van der Waals surface area contributed by atoms with E-state index in [2.05, 4.69) is 23.3 Å². The fourth-order valence-electron chi connectivity index (χ4n) is 3.56. The summed E-state index contributed by atoms with van der Waals surface area (Å²) in [6.07, 6.45) is 1.54. The molecule has 0 radical (unpaired) electrons. The van der Waals surface area contributed by atoms with Gasteiger partial charge in [-0.15, -0.1) is 11.8 Å². The first-order chi connectivity index (χ1) is 16.0. The van der Waals surface area contributed by atoms with Crippen LogP contribution < -0.4 is 10.6 Å². The third kappa shape index (κ3) is 7.26. The molecule has 0 bridgehead atoms. The van der Waals surface area contributed by atoms with Gasteiger partial charge in [0.1, 0.15) is 12.6 Å². The lowest BCUT2D eigenvalue weighted by atomic mass is 10.1. The van der Waals surface area contributed by atoms with Gasteiger partial charge in [-0.3, -0.25) is 4.79 Å². The van der Waals surface area contributed by atoms with Crippen LogP contribution in [0.5, 0.6) is 0 Å². The number of carbonyl (C=O) groups excluding carboxylic acids is 3. The lowest BCUT2D eigenvalue weighted by Gasteiger charge is -2.21. The molecule has 0 saturated carbocycles. The van der Waals surface area contributed by atoms with Crippen molar-refractivity contribution in [2.45, 2.75) is 54.7 Å². The molecule has 1 aromatic rings. The summed E-state index contributed by atoms with van der Waals surface area (Å²) >= 11 is 5.52. The lowest BCUT2D eigenvalue weighted by molar-refractivity contribution is -0.145. The van der Waals surface area contributed by atoms with Crippen molar-refractivity contribution >= 4 is 42.4 Å². The maximum atomic E-state index is 13.0. The van der Waals surface area contributed by atoms with Gasteiger partial charge in [0.15, 0.2) is 11.2 Å². The lowest BCUT2D eigenvalue weighted by Crippen LogP contribution is -2.54. The van der Waals surface area contributed by atoms with Crippen LogP contribution >= 0.6 is 24.4 Å². The number of nitrogens with one attached hydrogen (secondary N) is 2. The first-order valence-corrected chi connectivity index (χ1v) is 12.4. The third-order valence-corrected chi connectivity index (χ3v) is 7.16. The number of alkyl carbamates (subject to hydrolysis) is 1. The van der Waals surface area contributed by atoms with Crippen molar-refractivity contribution in [1.29, 1.82) is 0 Å². The van der Waals surface area contributed by atoms with Gasteiger partial charge >= 0.3 is 12.1 Å². The van der Waals surface area contributed by atoms with Crippen molar-refractivity contribution in [3.63, 3.8) is 0 Å². The number of thiol groups is 1. The Morgan fingerprint density at radius 2 is 1.94 bits per heavy atom. The van der Waals surface area contributed by atoms with Gasteiger partial charge in [0.05, 0.1) is 25.6 Å². The SMILES string of the molecule is COC(=O)[C@@]1(NC(=O)[C@H](CCS)NC(=O)OCc2ccccc2)SC1CCCC1OCCO1. The van der Waals surface area contributed by atoms with Crippen LogP contribution in [0.1, 0.15) is 31.2 Å². The number of hydrogen-bond donors (Lipinski definition) is 3. The predicted octanol–water partition coefficient (Wildman–Crippen LogP) is 2.25. The second-order valence-corrected chi connectivity index (χ2v) is 9.59. The zero-order valence-corrected chi connectivity index (χ0v) is 20.2. The molecule has 2 saturated heterocycles. The summed E-state index contributed by atoms with van der Waals surface area (Å²) in [5, 5.41) is 5.24. The number of carbonyl (C=O) groups is 3. The summed E-state index contributed by atoms with van der Waals surface area (Å²) in [6.45, 7) is 1.27. The highest BCUT2D eigenvalue weighted by Crippen LogP contribution is 2.54. The Balaban J connectivity index is 1.52. The van der Waals surface area contributed by atoms with Crippen molar-refractivity contribution in [2.24, 2.45) is 0 Å². The zero-order chi connectivity index (χ0) is 23.7. The fourth-order valence-corrected chi connectivity index (χ4v) is 5.10. The molecule has 2 heterocycles. The molecule has 2 aliphatic rings. The molecule has 1 aromatic carbocycles. The Kier molecular flexibility index (Phi) is 9.72. The monoisotopic (exact) mass is 498 g/mol. The zero-order valence-electron chi connectivity index (χ0n) is 18.5. The first kappa shape index (κ1) is 25.7. The van der Waals surface area contributed by atoms with Crippen molar-refractivity contribution in [1.82, 2.24) is 10.6 Å². The average Bonchev–Trinajstić information content (AvgIpc) is 3.25. The average molecular weight is 499 g/mol. The number of benzene rings is 1. The molecule has 2 N–H and O–H groups in total. The number of thioether (sulfide) groups is 1. The second kappa shape index (κ2) is 12.5. The Morgan fingerprint density at radius 1 is 1.21 bits per heavy atom. The van der Waals surface area contributed by atoms with Gasteiger partial charge in [0.2, 0.25) is 5.91 Å². The van der Waals surface area contributed by atoms with Gasteiger partial charge in [0.25, 0.3) is 0 Å². The smallest absolute Gasteiger partial charge is 0.408 e. The maximum Gasteiger partial charge on any atom is 0.408 e. The van der Waals surface area contributed by atoms with Crippen LogP contribution in [0.15, 0.2) is 30.3 Å². The fraction of sp³-hybridized carbons (Fsp3) is 0.591. The number of methoxy groups -OCH3 is 1. The summed E-state index contributed by atoms with van der Waals surface area (Å²) in [5.74, 6) is -0.640. The maximum absolute atomic E-state index is 13.0. The van der Waals surface area contributed by atoms with Crippen LogP contribution in [0.2, 0.25) is 0 Å². The molecule has 0 spiro atoms. The van der Waals surface area contributed by atoms with Gasteiger partial charge < -0.3 is 29.6 Å². The number of ether oxygens (including phenoxy) is 4. The number of amides is 2. The predicted molar refractivity (Wildman–Crippen MR) is 126 cm³/mol. The Labute approximate surface area is 203 Å². The van der Waals surface area contributed by atoms with Crippen molar-refractivity contribution in [2.75, 3.05) is 26.1 Å². The molecule has 2 amide bonds. The summed E-state index contributed by atoms with van der Waals surface area (Å²) in [5.41, 5.74) is 0.832. The van der Waals surface area contributed by atoms with E-state index in [1.165, 1.54) is 18.9 Å². The van der Waals surface area contributed by atoms with E-state index < -0.39 is 28.9 Å². The van der Waals surface area contributed by atoms with Crippen LogP contribution in [0.4, 0.5) is 4.79 Å². The normalized spacial score (nSPS) is 22.9. The minimum Gasteiger partial charge on any atom is -0.467 e. The van der Waals surface area contributed by atoms with Crippen molar-refractivity contribution in [3.05, 3.63) is 35.9 Å². The van der Waals surface area contributed by atoms with Crippen LogP contribution in [0, 0.1) is 0 Å². The quantitative estimate of drug-likeness (QED) is 0.229. The van der Waals surface area contributed by atoms with E-state index in [1.54, 1.807) is 0 Å². The largest absolute Gasteiger partial charge is 0.467 e. The van der Waals surface area contributed by atoms with Gasteiger partial charge in [-0.05, 0) is 37.0 Å². The molecule has 3 atom stereocenters. The van der Waals surface area contributed by atoms with Crippen molar-refractivity contribution < 1.29 is 33.3 Å². The molecule has 0 aliphatic carbocycles. The summed E-state index contributed by atoms with van der Waals surface area (Å²) in [7, 11) is 1.29. The molecule has 33 heavy (non-hydrogen) atoms. The Morgan fingerprint density at radius 3 is 2.61 bits per heavy atom. The number of rotatable bonds is 12. The molecular weight excluding hydrogens is 468 g/mol. The van der Waals surface area contributed by atoms with Crippen LogP contribution in [0.3, 0.4) is 0 Å². The molecule has 182 valence electrons. The minimum atomic E-state index is -1.16. The number of hydrogen-bond acceptors (Lipinski definition) is 9. The first-order valence-electron chi connectivity index (χ1n) is 10.9. The van der Waals surface area contributed by atoms with Crippen molar-refractivity contribution in [3.8, 4) is 0 Å². The van der Waals surface area contributed by atoms with Gasteiger partial charge in [-0.1, -0.05) is 30.3 Å². The van der Waals surface area contributed by atoms with Crippen LogP contribution in [0.25, 0.3) is 0 Å². The van der Waals surface area contributed by atoms with Crippen LogP contribution in [-0.2, 0) is 35.1 Å².